The number of hydrogen-bond donors (Lipinski definition) is 1. The van der Waals surface area contributed by atoms with Gasteiger partial charge in [0.25, 0.3) is 0 Å². The average Bonchev–Trinajstić information content (AvgIpc) is 2.74. The van der Waals surface area contributed by atoms with Gasteiger partial charge in [-0.2, -0.15) is 11.8 Å². The number of benzene rings is 1. The third-order valence-electron chi connectivity index (χ3n) is 3.09. The number of aromatic nitrogens is 1. The van der Waals surface area contributed by atoms with E-state index in [9.17, 15) is 0 Å². The molecule has 92 valence electrons. The summed E-state index contributed by atoms with van der Waals surface area (Å²) < 4.78 is 2.32. The quantitative estimate of drug-likeness (QED) is 0.879. The number of aryl methyl sites for hydroxylation is 1. The second-order valence-corrected chi connectivity index (χ2v) is 5.37. The first-order valence-corrected chi connectivity index (χ1v) is 7.34. The van der Waals surface area contributed by atoms with Crippen LogP contribution in [0.4, 0.5) is 0 Å². The summed E-state index contributed by atoms with van der Waals surface area (Å²) in [6, 6.07) is 6.44. The molecule has 0 saturated carbocycles. The molecule has 0 aliphatic rings. The Bertz CT molecular complexity index is 502. The van der Waals surface area contributed by atoms with Crippen LogP contribution in [0.5, 0.6) is 0 Å². The van der Waals surface area contributed by atoms with Crippen molar-refractivity contribution in [3.05, 3.63) is 35.5 Å². The average molecular weight is 248 g/mol. The van der Waals surface area contributed by atoms with Crippen LogP contribution in [0.1, 0.15) is 25.0 Å². The molecule has 2 aromatic rings. The van der Waals surface area contributed by atoms with Gasteiger partial charge in [-0.1, -0.05) is 19.1 Å². The third-order valence-corrected chi connectivity index (χ3v) is 4.02. The van der Waals surface area contributed by atoms with E-state index in [1.807, 2.05) is 11.8 Å². The fraction of sp³-hybridized carbons (Fsp3) is 0.429. The van der Waals surface area contributed by atoms with Gasteiger partial charge >= 0.3 is 0 Å². The number of fused-ring (bicyclic) bond motifs is 1. The molecular weight excluding hydrogens is 228 g/mol. The van der Waals surface area contributed by atoms with Gasteiger partial charge in [-0.25, -0.2) is 0 Å². The minimum atomic E-state index is 0.620. The van der Waals surface area contributed by atoms with E-state index in [1.165, 1.54) is 22.0 Å². The summed E-state index contributed by atoms with van der Waals surface area (Å²) in [4.78, 5) is 0. The number of thioether (sulfide) groups is 1. The Balaban J connectivity index is 2.57. The fourth-order valence-corrected chi connectivity index (χ4v) is 2.91. The van der Waals surface area contributed by atoms with Gasteiger partial charge in [0, 0.05) is 35.9 Å². The van der Waals surface area contributed by atoms with Gasteiger partial charge < -0.3 is 10.3 Å². The highest BCUT2D eigenvalue weighted by molar-refractivity contribution is 7.98. The zero-order valence-electron chi connectivity index (χ0n) is 10.6. The maximum absolute atomic E-state index is 5.85. The van der Waals surface area contributed by atoms with Gasteiger partial charge in [0.2, 0.25) is 0 Å². The SMILES string of the molecule is CCSCc1cn(CC)c2cccc(CN)c12. The first-order chi connectivity index (χ1) is 8.31. The predicted octanol–water partition coefficient (Wildman–Crippen LogP) is 3.37. The molecule has 0 aliphatic heterocycles. The standard InChI is InChI=1S/C14H20N2S/c1-3-16-9-12(10-17-4-2)14-11(8-15)6-5-7-13(14)16/h5-7,9H,3-4,8,10,15H2,1-2H3. The molecule has 2 nitrogen and oxygen atoms in total. The molecular formula is C14H20N2S. The van der Waals surface area contributed by atoms with E-state index in [-0.39, 0.29) is 0 Å². The van der Waals surface area contributed by atoms with Crippen LogP contribution in [0.15, 0.2) is 24.4 Å². The van der Waals surface area contributed by atoms with Crippen LogP contribution in [0.25, 0.3) is 10.9 Å². The Labute approximate surface area is 107 Å². The normalized spacial score (nSPS) is 11.2. The van der Waals surface area contributed by atoms with Crippen molar-refractivity contribution >= 4 is 22.7 Å². The number of rotatable bonds is 5. The minimum Gasteiger partial charge on any atom is -0.347 e. The van der Waals surface area contributed by atoms with Crippen LogP contribution in [0.2, 0.25) is 0 Å². The molecule has 1 heterocycles. The summed E-state index contributed by atoms with van der Waals surface area (Å²) in [6.07, 6.45) is 2.28. The highest BCUT2D eigenvalue weighted by Crippen LogP contribution is 2.28. The first kappa shape index (κ1) is 12.5. The van der Waals surface area contributed by atoms with Gasteiger partial charge in [0.15, 0.2) is 0 Å². The molecule has 0 saturated heterocycles. The topological polar surface area (TPSA) is 30.9 Å². The van der Waals surface area contributed by atoms with Crippen LogP contribution < -0.4 is 5.73 Å². The van der Waals surface area contributed by atoms with Crippen molar-refractivity contribution in [1.82, 2.24) is 4.57 Å². The van der Waals surface area contributed by atoms with Crippen molar-refractivity contribution in [2.24, 2.45) is 5.73 Å². The largest absolute Gasteiger partial charge is 0.347 e. The Hall–Kier alpha value is -0.930. The summed E-state index contributed by atoms with van der Waals surface area (Å²) >= 11 is 1.96. The molecule has 1 aromatic heterocycles. The summed E-state index contributed by atoms with van der Waals surface area (Å²) in [5.41, 5.74) is 9.86. The highest BCUT2D eigenvalue weighted by Gasteiger charge is 2.10. The monoisotopic (exact) mass is 248 g/mol. The maximum Gasteiger partial charge on any atom is 0.0486 e. The Morgan fingerprint density at radius 3 is 2.71 bits per heavy atom. The van der Waals surface area contributed by atoms with Crippen molar-refractivity contribution in [3.8, 4) is 0 Å². The van der Waals surface area contributed by atoms with E-state index in [2.05, 4.69) is 42.8 Å². The second-order valence-electron chi connectivity index (χ2n) is 4.09. The second kappa shape index (κ2) is 5.61. The highest BCUT2D eigenvalue weighted by atomic mass is 32.2. The van der Waals surface area contributed by atoms with Crippen molar-refractivity contribution < 1.29 is 0 Å². The molecule has 1 aromatic carbocycles. The van der Waals surface area contributed by atoms with Gasteiger partial charge in [-0.15, -0.1) is 0 Å². The molecule has 0 spiro atoms. The van der Waals surface area contributed by atoms with Gasteiger partial charge in [-0.05, 0) is 29.9 Å². The lowest BCUT2D eigenvalue weighted by Crippen LogP contribution is -1.98. The van der Waals surface area contributed by atoms with E-state index in [0.717, 1.165) is 18.1 Å². The molecule has 0 unspecified atom stereocenters. The molecule has 0 fully saturated rings. The van der Waals surface area contributed by atoms with Crippen molar-refractivity contribution in [2.75, 3.05) is 5.75 Å². The van der Waals surface area contributed by atoms with E-state index >= 15 is 0 Å². The first-order valence-electron chi connectivity index (χ1n) is 6.19. The zero-order valence-corrected chi connectivity index (χ0v) is 11.4. The van der Waals surface area contributed by atoms with Gasteiger partial charge in [-0.3, -0.25) is 0 Å². The molecule has 17 heavy (non-hydrogen) atoms. The van der Waals surface area contributed by atoms with Crippen molar-refractivity contribution in [3.63, 3.8) is 0 Å². The van der Waals surface area contributed by atoms with Crippen LogP contribution in [0, 0.1) is 0 Å². The zero-order chi connectivity index (χ0) is 12.3. The minimum absolute atomic E-state index is 0.620. The van der Waals surface area contributed by atoms with E-state index in [0.29, 0.717) is 6.54 Å². The van der Waals surface area contributed by atoms with Crippen molar-refractivity contribution in [1.29, 1.82) is 0 Å². The Kier molecular flexibility index (Phi) is 4.13. The van der Waals surface area contributed by atoms with Crippen LogP contribution >= 0.6 is 11.8 Å². The summed E-state index contributed by atoms with van der Waals surface area (Å²) in [7, 11) is 0. The van der Waals surface area contributed by atoms with Crippen LogP contribution in [-0.2, 0) is 18.8 Å². The summed E-state index contributed by atoms with van der Waals surface area (Å²) in [5.74, 6) is 2.24. The summed E-state index contributed by atoms with van der Waals surface area (Å²) in [5, 5.41) is 1.37. The van der Waals surface area contributed by atoms with E-state index in [1.54, 1.807) is 0 Å². The fourth-order valence-electron chi connectivity index (χ4n) is 2.27. The Morgan fingerprint density at radius 2 is 2.06 bits per heavy atom. The molecule has 0 atom stereocenters. The lowest BCUT2D eigenvalue weighted by molar-refractivity contribution is 0.795. The predicted molar refractivity (Wildman–Crippen MR) is 77.3 cm³/mol. The summed E-state index contributed by atoms with van der Waals surface area (Å²) in [6.45, 7) is 6.02. The van der Waals surface area contributed by atoms with Crippen LogP contribution in [0.3, 0.4) is 0 Å². The van der Waals surface area contributed by atoms with Gasteiger partial charge in [0.1, 0.15) is 0 Å². The molecule has 0 amide bonds. The molecule has 0 radical (unpaired) electrons. The molecule has 0 bridgehead atoms. The number of nitrogens with zero attached hydrogens (tertiary/aromatic N) is 1. The number of nitrogens with two attached hydrogens (primary N) is 1. The Morgan fingerprint density at radius 1 is 1.24 bits per heavy atom. The van der Waals surface area contributed by atoms with Gasteiger partial charge in [0.05, 0.1) is 0 Å². The lowest BCUT2D eigenvalue weighted by Gasteiger charge is -2.04. The smallest absolute Gasteiger partial charge is 0.0486 e. The molecule has 2 rings (SSSR count). The third kappa shape index (κ3) is 2.35. The maximum atomic E-state index is 5.85. The van der Waals surface area contributed by atoms with Crippen molar-refractivity contribution in [2.45, 2.75) is 32.7 Å². The van der Waals surface area contributed by atoms with Crippen LogP contribution in [-0.4, -0.2) is 10.3 Å². The lowest BCUT2D eigenvalue weighted by atomic mass is 10.1. The number of hydrogen-bond acceptors (Lipinski definition) is 2. The van der Waals surface area contributed by atoms with E-state index in [4.69, 9.17) is 5.73 Å². The molecule has 3 heteroatoms. The molecule has 0 aliphatic carbocycles. The van der Waals surface area contributed by atoms with E-state index < -0.39 is 0 Å². The molecule has 2 N–H and O–H groups in total.